The Labute approximate surface area is 516 Å². The van der Waals surface area contributed by atoms with Crippen molar-refractivity contribution < 1.29 is 87.2 Å². The number of H-pyrrole nitrogens is 1. The van der Waals surface area contributed by atoms with Gasteiger partial charge in [-0.15, -0.1) is 0 Å². The number of hydrogen-bond acceptors (Lipinski definition) is 18. The van der Waals surface area contributed by atoms with Gasteiger partial charge in [0.25, 0.3) is 0 Å². The van der Waals surface area contributed by atoms with Crippen molar-refractivity contribution in [3.8, 4) is 5.75 Å². The fourth-order valence-electron chi connectivity index (χ4n) is 10.6. The van der Waals surface area contributed by atoms with E-state index in [0.717, 1.165) is 0 Å². The highest BCUT2D eigenvalue weighted by molar-refractivity contribution is 6.00. The number of hydrogen-bond donors (Lipinski definition) is 15. The number of rotatable bonds is 32. The second kappa shape index (κ2) is 33.0. The maximum absolute atomic E-state index is 14.6. The molecular weight excluding hydrogens is 1180 g/mol. The van der Waals surface area contributed by atoms with Crippen LogP contribution in [0.25, 0.3) is 0 Å². The molecule has 2 aromatic rings. The lowest BCUT2D eigenvalue weighted by Crippen LogP contribution is -2.60. The average molecular weight is 1270 g/mol. The van der Waals surface area contributed by atoms with E-state index in [0.29, 0.717) is 31.2 Å². The Morgan fingerprint density at radius 3 is 1.63 bits per heavy atom. The Bertz CT molecular complexity index is 3000. The summed E-state index contributed by atoms with van der Waals surface area (Å²) in [5.74, 6) is -14.8. The molecule has 11 atom stereocenters. The molecule has 5 rings (SSSR count). The topological polar surface area (TPSA) is 529 Å². The molecule has 4 heterocycles. The maximum atomic E-state index is 14.6. The highest BCUT2D eigenvalue weighted by Gasteiger charge is 2.47. The quantitative estimate of drug-likeness (QED) is 0.0324. The van der Waals surface area contributed by atoms with Gasteiger partial charge in [0.2, 0.25) is 76.8 Å². The molecule has 0 radical (unpaired) electrons. The van der Waals surface area contributed by atoms with E-state index in [1.165, 1.54) is 65.3 Å². The van der Waals surface area contributed by atoms with Gasteiger partial charge in [-0.05, 0) is 82.4 Å². The molecule has 0 unspecified atom stereocenters. The predicted molar refractivity (Wildman–Crippen MR) is 311 cm³/mol. The molecule has 13 amide bonds. The number of carbonyl (C=O) groups excluding carboxylic acids is 13. The summed E-state index contributed by atoms with van der Waals surface area (Å²) < 4.78 is 0. The molecule has 1 aromatic carbocycles. The Morgan fingerprint density at radius 1 is 0.578 bits per heavy atom. The van der Waals surface area contributed by atoms with Crippen LogP contribution in [0.3, 0.4) is 0 Å². The molecule has 90 heavy (non-hydrogen) atoms. The molecule has 34 heteroatoms. The third-order valence-electron chi connectivity index (χ3n) is 15.2. The molecule has 0 bridgehead atoms. The van der Waals surface area contributed by atoms with Gasteiger partial charge in [-0.25, -0.2) is 9.78 Å². The molecule has 1 aromatic heterocycles. The Kier molecular flexibility index (Phi) is 26.0. The molecule has 3 aliphatic heterocycles. The van der Waals surface area contributed by atoms with Crippen molar-refractivity contribution in [2.75, 3.05) is 26.2 Å². The molecule has 0 aliphatic carbocycles. The number of primary amides is 2. The van der Waals surface area contributed by atoms with Crippen LogP contribution >= 0.6 is 0 Å². The van der Waals surface area contributed by atoms with E-state index in [-0.39, 0.29) is 69.1 Å². The van der Waals surface area contributed by atoms with Crippen LogP contribution in [0, 0.1) is 5.92 Å². The monoisotopic (exact) mass is 1260 g/mol. The van der Waals surface area contributed by atoms with Crippen molar-refractivity contribution in [1.82, 2.24) is 67.2 Å². The first kappa shape index (κ1) is 71.0. The van der Waals surface area contributed by atoms with Gasteiger partial charge in [0.05, 0.1) is 38.2 Å². The molecular formula is C56H80N16O18. The minimum absolute atomic E-state index is 0.0399. The number of aromatic amines is 1. The summed E-state index contributed by atoms with van der Waals surface area (Å²) in [7, 11) is 0. The van der Waals surface area contributed by atoms with Crippen molar-refractivity contribution in [3.05, 3.63) is 48.0 Å². The number of nitrogens with one attached hydrogen (secondary N) is 9. The van der Waals surface area contributed by atoms with E-state index in [1.54, 1.807) is 0 Å². The number of carbonyl (C=O) groups is 15. The second-order valence-electron chi connectivity index (χ2n) is 22.8. The van der Waals surface area contributed by atoms with Gasteiger partial charge in [0.1, 0.15) is 66.2 Å². The van der Waals surface area contributed by atoms with Crippen LogP contribution < -0.4 is 59.7 Å². The summed E-state index contributed by atoms with van der Waals surface area (Å²) >= 11 is 0. The first-order chi connectivity index (χ1) is 42.4. The standard InChI is InChI=1S/C56H80N16O18/c1-27(2)18-33(57)48(81)68-37(21-42(58)74)53(86)71-16-6-9-40(71)55(88)72-17-7-10-41(72)54(87)70-15-5-8-39(70)52(85)67-34(19-30-11-13-32(73)14-12-30)50(83)64-29(4)47(80)65-36(23-45(77)78)51(84)66-35(20-31-24-60-26-62-31)49(82)61-25-44(76)63-28(3)46(79)69-38(56(89)90)22-43(59)75/h11-14,24,26-29,33-41,73H,5-10,15-23,25,57H2,1-4H3,(H2,58,74)(H2,59,75)(H,60,62)(H,61,82)(H,63,76)(H,64,83)(H,65,80)(H,66,84)(H,67,85)(H,68,81)(H,69,79)(H,77,78)(H,89,90)/t28-,29-,33-,34-,35-,36-,37-,38-,39-,40-,41-/m0/s1. The van der Waals surface area contributed by atoms with Gasteiger partial charge in [-0.1, -0.05) is 26.0 Å². The maximum Gasteiger partial charge on any atom is 0.326 e. The predicted octanol–water partition coefficient (Wildman–Crippen LogP) is -5.89. The van der Waals surface area contributed by atoms with Gasteiger partial charge in [0, 0.05) is 44.4 Å². The summed E-state index contributed by atoms with van der Waals surface area (Å²) in [6, 6.07) is -9.75. The highest BCUT2D eigenvalue weighted by atomic mass is 16.4. The molecule has 34 nitrogen and oxygen atoms in total. The first-order valence-corrected chi connectivity index (χ1v) is 29.3. The zero-order valence-corrected chi connectivity index (χ0v) is 50.2. The van der Waals surface area contributed by atoms with Crippen LogP contribution in [0.2, 0.25) is 0 Å². The van der Waals surface area contributed by atoms with Gasteiger partial charge in [-0.3, -0.25) is 67.1 Å². The van der Waals surface area contributed by atoms with E-state index in [2.05, 4.69) is 47.2 Å². The lowest BCUT2D eigenvalue weighted by molar-refractivity contribution is -0.151. The third kappa shape index (κ3) is 20.7. The van der Waals surface area contributed by atoms with Gasteiger partial charge in [-0.2, -0.15) is 0 Å². The van der Waals surface area contributed by atoms with Crippen LogP contribution in [0.15, 0.2) is 36.8 Å². The minimum atomic E-state index is -1.92. The summed E-state index contributed by atoms with van der Waals surface area (Å²) in [4.78, 5) is 209. The van der Waals surface area contributed by atoms with E-state index in [1.807, 2.05) is 19.2 Å². The summed E-state index contributed by atoms with van der Waals surface area (Å²) in [5.41, 5.74) is 17.3. The van der Waals surface area contributed by atoms with E-state index >= 15 is 0 Å². The zero-order valence-electron chi connectivity index (χ0n) is 50.2. The number of aromatic hydroxyl groups is 1. The molecule has 18 N–H and O–H groups in total. The summed E-state index contributed by atoms with van der Waals surface area (Å²) in [5, 5.41) is 47.9. The number of nitrogens with zero attached hydrogens (tertiary/aromatic N) is 4. The van der Waals surface area contributed by atoms with E-state index in [9.17, 15) is 87.2 Å². The Morgan fingerprint density at radius 2 is 1.08 bits per heavy atom. The number of carboxylic acid groups (broad SMARTS) is 2. The number of nitrogens with two attached hydrogens (primary N) is 3. The average Bonchev–Trinajstić information content (AvgIpc) is 1.75. The molecule has 3 aliphatic rings. The lowest BCUT2D eigenvalue weighted by atomic mass is 10.0. The van der Waals surface area contributed by atoms with Crippen LogP contribution in [0.5, 0.6) is 5.75 Å². The number of aromatic nitrogens is 2. The largest absolute Gasteiger partial charge is 0.508 e. The van der Waals surface area contributed by atoms with Crippen molar-refractivity contribution >= 4 is 88.7 Å². The number of carboxylic acids is 2. The van der Waals surface area contributed by atoms with Gasteiger partial charge < -0.3 is 94.7 Å². The van der Waals surface area contributed by atoms with Crippen LogP contribution in [0.1, 0.15) is 103 Å². The molecule has 3 saturated heterocycles. The number of phenols is 1. The van der Waals surface area contributed by atoms with Crippen molar-refractivity contribution in [3.63, 3.8) is 0 Å². The fraction of sp³-hybridized carbons (Fsp3) is 0.571. The minimum Gasteiger partial charge on any atom is -0.508 e. The Balaban J connectivity index is 1.25. The first-order valence-electron chi connectivity index (χ1n) is 29.3. The van der Waals surface area contributed by atoms with Gasteiger partial charge in [0.15, 0.2) is 0 Å². The number of aliphatic carboxylic acids is 2. The number of imidazole rings is 1. The number of phenolic OH excluding ortho intramolecular Hbond substituents is 1. The Hall–Kier alpha value is -9.76. The zero-order chi connectivity index (χ0) is 66.7. The van der Waals surface area contributed by atoms with Crippen LogP contribution in [-0.4, -0.2) is 221 Å². The molecule has 0 saturated carbocycles. The number of likely N-dealkylation sites (tertiary alicyclic amines) is 3. The van der Waals surface area contributed by atoms with E-state index < -0.39 is 181 Å². The normalized spacial score (nSPS) is 18.9. The summed E-state index contributed by atoms with van der Waals surface area (Å²) in [6.07, 6.45) is 1.57. The fourth-order valence-corrected chi connectivity index (χ4v) is 10.6. The third-order valence-corrected chi connectivity index (χ3v) is 15.2. The second-order valence-corrected chi connectivity index (χ2v) is 22.8. The van der Waals surface area contributed by atoms with Crippen molar-refractivity contribution in [2.24, 2.45) is 23.1 Å². The molecule has 0 spiro atoms. The molecule has 492 valence electrons. The highest BCUT2D eigenvalue weighted by Crippen LogP contribution is 2.29. The van der Waals surface area contributed by atoms with Gasteiger partial charge >= 0.3 is 11.9 Å². The number of benzene rings is 1. The van der Waals surface area contributed by atoms with Crippen LogP contribution in [-0.2, 0) is 84.8 Å². The molecule has 3 fully saturated rings. The lowest BCUT2D eigenvalue weighted by Gasteiger charge is -2.35. The van der Waals surface area contributed by atoms with Crippen molar-refractivity contribution in [2.45, 2.75) is 171 Å². The summed E-state index contributed by atoms with van der Waals surface area (Å²) in [6.45, 7) is 5.58. The van der Waals surface area contributed by atoms with E-state index in [4.69, 9.17) is 17.2 Å². The van der Waals surface area contributed by atoms with Crippen molar-refractivity contribution in [1.29, 1.82) is 0 Å². The smallest absolute Gasteiger partial charge is 0.326 e. The van der Waals surface area contributed by atoms with Crippen LogP contribution in [0.4, 0.5) is 0 Å². The number of amides is 13. The SMILES string of the molecule is CC(C)C[C@H](N)C(=O)N[C@@H](CC(N)=O)C(=O)N1CCC[C@H]1C(=O)N1CCC[C@H]1C(=O)N1CCC[C@H]1C(=O)N[C@@H](Cc1ccc(O)cc1)C(=O)N[C@@H](C)C(=O)N[C@@H](CC(=O)O)C(=O)N[C@@H](Cc1cnc[nH]1)C(=O)NCC(=O)N[C@@H](C)C(=O)N[C@@H](CC(N)=O)C(=O)O.